The van der Waals surface area contributed by atoms with Gasteiger partial charge in [-0.05, 0) is 0 Å². The molecule has 0 fully saturated rings. The van der Waals surface area contributed by atoms with Gasteiger partial charge in [-0.3, -0.25) is 0 Å². The predicted molar refractivity (Wildman–Crippen MR) is 9.18 cm³/mol. The van der Waals surface area contributed by atoms with Crippen LogP contribution in [0.5, 0.6) is 0 Å². The first-order valence-corrected chi connectivity index (χ1v) is 0.658. The minimum Gasteiger partial charge on any atom is -0.226 e. The van der Waals surface area contributed by atoms with Crippen LogP contribution in [0.3, 0.4) is 0 Å². The van der Waals surface area contributed by atoms with Gasteiger partial charge in [0, 0.05) is 0 Å². The van der Waals surface area contributed by atoms with Crippen LogP contribution >= 0.6 is 0 Å². The zero-order valence-corrected chi connectivity index (χ0v) is 1.82. The second kappa shape index (κ2) is 0.711. The zero-order valence-electron chi connectivity index (χ0n) is 1.82. The van der Waals surface area contributed by atoms with Gasteiger partial charge in [-0.1, -0.05) is 0 Å². The van der Waals surface area contributed by atoms with E-state index in [1.165, 1.54) is 0 Å². The third-order valence-electron chi connectivity index (χ3n) is 0. The van der Waals surface area contributed by atoms with Crippen molar-refractivity contribution in [3.8, 4) is 0 Å². The highest BCUT2D eigenvalue weighted by atomic mass is 16.4. The third-order valence-corrected chi connectivity index (χ3v) is 0. The molecule has 22 valence electrons. The SMILES string of the molecule is [NH]C([O])=O. The van der Waals surface area contributed by atoms with E-state index in [0.29, 0.717) is 0 Å². The summed E-state index contributed by atoms with van der Waals surface area (Å²) in [4.78, 5) is 8.56. The van der Waals surface area contributed by atoms with E-state index in [1.807, 2.05) is 0 Å². The Hall–Kier alpha value is -0.730. The number of amides is 1. The molecule has 0 aromatic rings. The van der Waals surface area contributed by atoms with Crippen LogP contribution in [0.2, 0.25) is 0 Å². The summed E-state index contributed by atoms with van der Waals surface area (Å²) in [6, 6.07) is 0. The van der Waals surface area contributed by atoms with Crippen LogP contribution in [0, 0.1) is 0 Å². The largest absolute Gasteiger partial charge is 0.468 e. The number of hydrogen-bond acceptors (Lipinski definition) is 1. The fourth-order valence-corrected chi connectivity index (χ4v) is 0. The molecule has 0 unspecified atom stereocenters. The van der Waals surface area contributed by atoms with Gasteiger partial charge in [-0.15, -0.1) is 0 Å². The van der Waals surface area contributed by atoms with Gasteiger partial charge in [-0.25, -0.2) is 15.6 Å². The monoisotopic (exact) mass is 59.0 g/mol. The lowest BCUT2D eigenvalue weighted by molar-refractivity contribution is 0.178. The summed E-state index contributed by atoms with van der Waals surface area (Å²) in [5.41, 5.74) is 5.39. The van der Waals surface area contributed by atoms with Gasteiger partial charge < -0.3 is 0 Å². The fraction of sp³-hybridized carbons (Fsp3) is 0. The van der Waals surface area contributed by atoms with Crippen molar-refractivity contribution < 1.29 is 9.90 Å². The molecule has 4 heavy (non-hydrogen) atoms. The lowest BCUT2D eigenvalue weighted by Crippen LogP contribution is -1.82. The summed E-state index contributed by atoms with van der Waals surface area (Å²) in [7, 11) is 0. The average molecular weight is 59.0 g/mol. The van der Waals surface area contributed by atoms with Crippen molar-refractivity contribution in [2.45, 2.75) is 0 Å². The Balaban J connectivity index is 2.80. The summed E-state index contributed by atoms with van der Waals surface area (Å²) in [6.45, 7) is 0. The van der Waals surface area contributed by atoms with Gasteiger partial charge in [0.15, 0.2) is 0 Å². The number of carbonyl (C=O) groups excluding carboxylic acids is 1. The highest BCUT2D eigenvalue weighted by Crippen LogP contribution is 1.43. The molecule has 0 aliphatic heterocycles. The summed E-state index contributed by atoms with van der Waals surface area (Å²) in [6.07, 6.45) is -1.83. The highest BCUT2D eigenvalue weighted by molar-refractivity contribution is 5.60. The van der Waals surface area contributed by atoms with Crippen LogP contribution in [-0.4, -0.2) is 6.09 Å². The predicted octanol–water partition coefficient (Wildman–Crippen LogP) is -0.180. The smallest absolute Gasteiger partial charge is 0.226 e. The number of hydrogen-bond donors (Lipinski definition) is 0. The number of nitrogens with one attached hydrogen (secondary N) is 1. The summed E-state index contributed by atoms with van der Waals surface area (Å²) >= 11 is 0. The second-order valence-corrected chi connectivity index (χ2v) is 0.287. The molecular formula is CHNO2. The molecule has 3 nitrogen and oxygen atoms in total. The Labute approximate surface area is 23.0 Å². The standard InChI is InChI=1S/CHNO2/c2-1(3)4/h2H. The van der Waals surface area contributed by atoms with Crippen molar-refractivity contribution in [3.05, 3.63) is 0 Å². The molecule has 2 radical (unpaired) electrons. The van der Waals surface area contributed by atoms with Crippen molar-refractivity contribution in [1.82, 2.24) is 5.73 Å². The molecule has 0 aromatic carbocycles. The molecule has 0 aliphatic rings. The van der Waals surface area contributed by atoms with E-state index in [-0.39, 0.29) is 0 Å². The molecule has 0 saturated carbocycles. The third kappa shape index (κ3) is 0.174. The van der Waals surface area contributed by atoms with E-state index in [1.54, 1.807) is 0 Å². The van der Waals surface area contributed by atoms with Crippen molar-refractivity contribution in [2.75, 3.05) is 0 Å². The summed E-state index contributed by atoms with van der Waals surface area (Å²) < 4.78 is 0. The topological polar surface area (TPSA) is 60.8 Å². The van der Waals surface area contributed by atoms with Gasteiger partial charge in [0.2, 0.25) is 0 Å². The molecule has 0 saturated heterocycles. The molecular weight excluding hydrogens is 58.0 g/mol. The zero-order chi connectivity index (χ0) is 3.58. The second-order valence-electron chi connectivity index (χ2n) is 0.287. The molecule has 0 bridgehead atoms. The maximum atomic E-state index is 8.56. The molecule has 0 aliphatic carbocycles. The van der Waals surface area contributed by atoms with E-state index >= 15 is 0 Å². The van der Waals surface area contributed by atoms with Gasteiger partial charge in [0.25, 0.3) is 0 Å². The molecule has 0 heterocycles. The maximum Gasteiger partial charge on any atom is 0.468 e. The van der Waals surface area contributed by atoms with Gasteiger partial charge in [0.05, 0.1) is 0 Å². The molecule has 0 aromatic heterocycles. The van der Waals surface area contributed by atoms with Crippen LogP contribution in [0.4, 0.5) is 4.79 Å². The summed E-state index contributed by atoms with van der Waals surface area (Å²) in [5, 5.41) is 8.56. The first kappa shape index (κ1) is 3.27. The molecule has 3 heteroatoms. The Morgan fingerprint density at radius 2 is 1.75 bits per heavy atom. The minimum atomic E-state index is -1.83. The normalized spacial score (nSPS) is 6.00. The van der Waals surface area contributed by atoms with Gasteiger partial charge in [0.1, 0.15) is 0 Å². The number of rotatable bonds is 0. The van der Waals surface area contributed by atoms with Crippen LogP contribution in [0.25, 0.3) is 0 Å². The molecule has 1 N–H and O–H groups in total. The Bertz CT molecular complexity index is 29.0. The average Bonchev–Trinajstić information content (AvgIpc) is 0.811. The van der Waals surface area contributed by atoms with Crippen molar-refractivity contribution >= 4 is 6.09 Å². The first-order chi connectivity index (χ1) is 1.73. The molecule has 0 rings (SSSR count). The minimum absolute atomic E-state index is 1.83. The number of carbonyl (C=O) groups is 1. The summed E-state index contributed by atoms with van der Waals surface area (Å²) in [5.74, 6) is 0. The van der Waals surface area contributed by atoms with E-state index in [9.17, 15) is 0 Å². The van der Waals surface area contributed by atoms with Crippen molar-refractivity contribution in [1.29, 1.82) is 0 Å². The van der Waals surface area contributed by atoms with Crippen molar-refractivity contribution in [3.63, 3.8) is 0 Å². The quantitative estimate of drug-likeness (QED) is 0.381. The molecule has 0 spiro atoms. The Kier molecular flexibility index (Phi) is 0.581. The van der Waals surface area contributed by atoms with Crippen LogP contribution in [0.15, 0.2) is 0 Å². The lowest BCUT2D eigenvalue weighted by Gasteiger charge is -1.49. The van der Waals surface area contributed by atoms with E-state index in [2.05, 4.69) is 0 Å². The molecule has 0 atom stereocenters. The van der Waals surface area contributed by atoms with Crippen LogP contribution in [0.1, 0.15) is 0 Å². The van der Waals surface area contributed by atoms with Crippen LogP contribution in [-0.2, 0) is 5.11 Å². The van der Waals surface area contributed by atoms with Gasteiger partial charge >= 0.3 is 6.09 Å². The molecule has 1 amide bonds. The maximum absolute atomic E-state index is 8.56. The van der Waals surface area contributed by atoms with Gasteiger partial charge in [-0.2, -0.15) is 0 Å². The van der Waals surface area contributed by atoms with E-state index in [4.69, 9.17) is 15.6 Å². The Morgan fingerprint density at radius 1 is 1.75 bits per heavy atom. The van der Waals surface area contributed by atoms with Crippen LogP contribution < -0.4 is 5.73 Å². The van der Waals surface area contributed by atoms with Crippen molar-refractivity contribution in [2.24, 2.45) is 0 Å². The van der Waals surface area contributed by atoms with E-state index < -0.39 is 6.09 Å². The highest BCUT2D eigenvalue weighted by Gasteiger charge is 1.74. The fourth-order valence-electron chi connectivity index (χ4n) is 0. The first-order valence-electron chi connectivity index (χ1n) is 0.658. The van der Waals surface area contributed by atoms with E-state index in [0.717, 1.165) is 0 Å². The Morgan fingerprint density at radius 3 is 1.75 bits per heavy atom. The lowest BCUT2D eigenvalue weighted by atomic mass is 11.3.